The number of hydrogen-bond donors (Lipinski definition) is 2. The fraction of sp³-hybridized carbons (Fsp3) is 0. The van der Waals surface area contributed by atoms with E-state index in [2.05, 4.69) is 37.2 Å². The summed E-state index contributed by atoms with van der Waals surface area (Å²) in [4.78, 5) is 12.3. The first-order chi connectivity index (χ1) is 10.5. The van der Waals surface area contributed by atoms with Crippen molar-refractivity contribution in [2.75, 3.05) is 5.32 Å². The molecule has 1 aromatic heterocycles. The van der Waals surface area contributed by atoms with Crippen LogP contribution in [0, 0.1) is 5.41 Å². The highest BCUT2D eigenvalue weighted by atomic mass is 79.9. The molecule has 0 aliphatic carbocycles. The molecule has 0 bridgehead atoms. The van der Waals surface area contributed by atoms with Gasteiger partial charge >= 0.3 is 0 Å². The number of benzene rings is 2. The van der Waals surface area contributed by atoms with Gasteiger partial charge in [-0.3, -0.25) is 10.2 Å². The molecule has 0 atom stereocenters. The molecule has 6 heteroatoms. The SMILES string of the molecule is N=c1oc2c(Br)cc(Br)cc2cc1C(=O)Nc1ccccc1. The van der Waals surface area contributed by atoms with Crippen LogP contribution in [0.2, 0.25) is 0 Å². The predicted octanol–water partition coefficient (Wildman–Crippen LogP) is 4.69. The lowest BCUT2D eigenvalue weighted by Crippen LogP contribution is -2.20. The van der Waals surface area contributed by atoms with Gasteiger partial charge in [-0.1, -0.05) is 34.1 Å². The number of carbonyl (C=O) groups excluding carboxylic acids is 1. The molecule has 2 aromatic carbocycles. The van der Waals surface area contributed by atoms with E-state index >= 15 is 0 Å². The Morgan fingerprint density at radius 1 is 1.09 bits per heavy atom. The number of halogens is 2. The first-order valence-electron chi connectivity index (χ1n) is 6.38. The van der Waals surface area contributed by atoms with Gasteiger partial charge in [0.1, 0.15) is 5.56 Å². The highest BCUT2D eigenvalue weighted by Crippen LogP contribution is 2.28. The Labute approximate surface area is 142 Å². The predicted molar refractivity (Wildman–Crippen MR) is 91.9 cm³/mol. The minimum Gasteiger partial charge on any atom is -0.437 e. The maximum Gasteiger partial charge on any atom is 0.261 e. The topological polar surface area (TPSA) is 66.1 Å². The van der Waals surface area contributed by atoms with E-state index in [-0.39, 0.29) is 17.0 Å². The van der Waals surface area contributed by atoms with Gasteiger partial charge in [0.15, 0.2) is 5.58 Å². The zero-order valence-electron chi connectivity index (χ0n) is 11.2. The van der Waals surface area contributed by atoms with Crippen molar-refractivity contribution >= 4 is 54.4 Å². The molecule has 0 aliphatic heterocycles. The summed E-state index contributed by atoms with van der Waals surface area (Å²) in [5, 5.41) is 11.4. The zero-order valence-corrected chi connectivity index (χ0v) is 14.4. The van der Waals surface area contributed by atoms with E-state index in [1.807, 2.05) is 30.3 Å². The molecule has 4 nitrogen and oxygen atoms in total. The molecule has 2 N–H and O–H groups in total. The van der Waals surface area contributed by atoms with Crippen molar-refractivity contribution in [1.29, 1.82) is 5.41 Å². The first kappa shape index (κ1) is 15.0. The van der Waals surface area contributed by atoms with Gasteiger partial charge in [-0.25, -0.2) is 0 Å². The van der Waals surface area contributed by atoms with Gasteiger partial charge in [0.05, 0.1) is 4.47 Å². The van der Waals surface area contributed by atoms with Crippen molar-refractivity contribution in [1.82, 2.24) is 0 Å². The highest BCUT2D eigenvalue weighted by Gasteiger charge is 2.13. The van der Waals surface area contributed by atoms with Crippen molar-refractivity contribution in [3.63, 3.8) is 0 Å². The number of para-hydroxylation sites is 1. The van der Waals surface area contributed by atoms with Crippen LogP contribution in [-0.4, -0.2) is 5.91 Å². The number of fused-ring (bicyclic) bond motifs is 1. The van der Waals surface area contributed by atoms with Gasteiger partial charge in [-0.05, 0) is 46.3 Å². The van der Waals surface area contributed by atoms with Crippen LogP contribution in [0.5, 0.6) is 0 Å². The average molecular weight is 422 g/mol. The minimum atomic E-state index is -0.377. The molecule has 0 fully saturated rings. The van der Waals surface area contributed by atoms with Crippen molar-refractivity contribution in [3.05, 3.63) is 68.6 Å². The van der Waals surface area contributed by atoms with Gasteiger partial charge in [0.25, 0.3) is 5.91 Å². The Hall–Kier alpha value is -1.92. The largest absolute Gasteiger partial charge is 0.437 e. The Morgan fingerprint density at radius 2 is 1.82 bits per heavy atom. The third kappa shape index (κ3) is 2.98. The van der Waals surface area contributed by atoms with E-state index in [1.165, 1.54) is 0 Å². The monoisotopic (exact) mass is 420 g/mol. The molecule has 1 heterocycles. The van der Waals surface area contributed by atoms with Crippen LogP contribution >= 0.6 is 31.9 Å². The highest BCUT2D eigenvalue weighted by molar-refractivity contribution is 9.11. The Morgan fingerprint density at radius 3 is 2.55 bits per heavy atom. The summed E-state index contributed by atoms with van der Waals surface area (Å²) in [5.74, 6) is -0.377. The average Bonchev–Trinajstić information content (AvgIpc) is 2.48. The maximum atomic E-state index is 12.3. The summed E-state index contributed by atoms with van der Waals surface area (Å²) in [7, 11) is 0. The Balaban J connectivity index is 2.05. The van der Waals surface area contributed by atoms with E-state index in [0.717, 1.165) is 14.3 Å². The van der Waals surface area contributed by atoms with Gasteiger partial charge in [-0.2, -0.15) is 0 Å². The number of amides is 1. The fourth-order valence-electron chi connectivity index (χ4n) is 2.06. The lowest BCUT2D eigenvalue weighted by atomic mass is 10.1. The first-order valence-corrected chi connectivity index (χ1v) is 7.97. The van der Waals surface area contributed by atoms with Crippen LogP contribution in [0.25, 0.3) is 11.0 Å². The number of carbonyl (C=O) groups is 1. The molecule has 1 amide bonds. The summed E-state index contributed by atoms with van der Waals surface area (Å²) >= 11 is 6.79. The van der Waals surface area contributed by atoms with Gasteiger partial charge in [-0.15, -0.1) is 0 Å². The molecule has 110 valence electrons. The van der Waals surface area contributed by atoms with Crippen molar-refractivity contribution in [2.24, 2.45) is 0 Å². The molecular formula is C16H10Br2N2O2. The molecule has 3 rings (SSSR count). The summed E-state index contributed by atoms with van der Waals surface area (Å²) in [6.45, 7) is 0. The normalized spacial score (nSPS) is 10.6. The quantitative estimate of drug-likeness (QED) is 0.630. The molecule has 0 spiro atoms. The molecule has 22 heavy (non-hydrogen) atoms. The Bertz CT molecular complexity index is 921. The van der Waals surface area contributed by atoms with E-state index in [4.69, 9.17) is 9.83 Å². The van der Waals surface area contributed by atoms with E-state index < -0.39 is 0 Å². The molecule has 0 radical (unpaired) electrons. The molecule has 0 aliphatic rings. The van der Waals surface area contributed by atoms with E-state index in [1.54, 1.807) is 18.2 Å². The molecule has 0 saturated carbocycles. The van der Waals surface area contributed by atoms with E-state index in [9.17, 15) is 4.79 Å². The lowest BCUT2D eigenvalue weighted by molar-refractivity contribution is 0.102. The smallest absolute Gasteiger partial charge is 0.261 e. The van der Waals surface area contributed by atoms with Crippen molar-refractivity contribution < 1.29 is 9.21 Å². The zero-order chi connectivity index (χ0) is 15.7. The molecular weight excluding hydrogens is 412 g/mol. The van der Waals surface area contributed by atoms with Crippen molar-refractivity contribution in [2.45, 2.75) is 0 Å². The third-order valence-corrected chi connectivity index (χ3v) is 4.11. The third-order valence-electron chi connectivity index (χ3n) is 3.06. The van der Waals surface area contributed by atoms with Crippen LogP contribution in [0.3, 0.4) is 0 Å². The maximum absolute atomic E-state index is 12.3. The minimum absolute atomic E-state index is 0.177. The van der Waals surface area contributed by atoms with Crippen LogP contribution in [0.15, 0.2) is 61.9 Å². The van der Waals surface area contributed by atoms with E-state index in [0.29, 0.717) is 11.3 Å². The van der Waals surface area contributed by atoms with Gasteiger partial charge in [0.2, 0.25) is 5.55 Å². The molecule has 0 saturated heterocycles. The van der Waals surface area contributed by atoms with Crippen LogP contribution in [-0.2, 0) is 0 Å². The lowest BCUT2D eigenvalue weighted by Gasteiger charge is -2.07. The summed E-state index contributed by atoms with van der Waals surface area (Å²) in [6, 6.07) is 14.4. The summed E-state index contributed by atoms with van der Waals surface area (Å²) in [5.41, 5.74) is 1.21. The van der Waals surface area contributed by atoms with Crippen LogP contribution in [0.4, 0.5) is 5.69 Å². The second-order valence-corrected chi connectivity index (χ2v) is 6.39. The summed E-state index contributed by atoms with van der Waals surface area (Å²) < 4.78 is 7.05. The van der Waals surface area contributed by atoms with Crippen LogP contribution in [0.1, 0.15) is 10.4 Å². The fourth-order valence-corrected chi connectivity index (χ4v) is 3.40. The standard InChI is InChI=1S/C16H10Br2N2O2/c17-10-6-9-7-12(15(19)22-14(9)13(18)8-10)16(21)20-11-4-2-1-3-5-11/h1-8,19H,(H,20,21). The molecule has 3 aromatic rings. The van der Waals surface area contributed by atoms with Crippen molar-refractivity contribution in [3.8, 4) is 0 Å². The summed E-state index contributed by atoms with van der Waals surface area (Å²) in [6.07, 6.45) is 0. The van der Waals surface area contributed by atoms with Gasteiger partial charge < -0.3 is 9.73 Å². The van der Waals surface area contributed by atoms with Crippen LogP contribution < -0.4 is 10.9 Å². The number of rotatable bonds is 2. The second kappa shape index (κ2) is 6.06. The number of nitrogens with one attached hydrogen (secondary N) is 2. The Kier molecular flexibility index (Phi) is 4.13. The number of anilines is 1. The number of hydrogen-bond acceptors (Lipinski definition) is 3. The molecule has 0 unspecified atom stereocenters. The second-order valence-electron chi connectivity index (χ2n) is 4.62. The van der Waals surface area contributed by atoms with Gasteiger partial charge in [0, 0.05) is 15.5 Å².